The number of rotatable bonds is 2. The smallest absolute Gasteiger partial charge is 0.123 e. The van der Waals surface area contributed by atoms with Gasteiger partial charge in [-0.1, -0.05) is 13.8 Å². The van der Waals surface area contributed by atoms with E-state index in [1.54, 1.807) is 0 Å². The summed E-state index contributed by atoms with van der Waals surface area (Å²) in [6.45, 7) is 3.88. The summed E-state index contributed by atoms with van der Waals surface area (Å²) in [6, 6.07) is 5.80. The number of nitrogens with two attached hydrogens (primary N) is 1. The van der Waals surface area contributed by atoms with Crippen molar-refractivity contribution < 1.29 is 4.39 Å². The summed E-state index contributed by atoms with van der Waals surface area (Å²) < 4.78 is 12.9. The molecular weight excluding hydrogens is 179 g/mol. The fourth-order valence-corrected chi connectivity index (χ4v) is 1.27. The highest BCUT2D eigenvalue weighted by Gasteiger charge is 2.15. The fraction of sp³-hybridized carbons (Fsp3) is 0.364. The van der Waals surface area contributed by atoms with Crippen molar-refractivity contribution in [2.24, 2.45) is 11.7 Å². The molecule has 0 aliphatic carbocycles. The lowest BCUT2D eigenvalue weighted by Gasteiger charge is -2.17. The van der Waals surface area contributed by atoms with E-state index < -0.39 is 0 Å². The average molecular weight is 192 g/mol. The lowest BCUT2D eigenvalue weighted by molar-refractivity contribution is 0.509. The van der Waals surface area contributed by atoms with Crippen LogP contribution in [0.3, 0.4) is 0 Å². The zero-order valence-electron chi connectivity index (χ0n) is 8.29. The first-order chi connectivity index (χ1) is 6.56. The van der Waals surface area contributed by atoms with Gasteiger partial charge in [-0.25, -0.2) is 4.39 Å². The van der Waals surface area contributed by atoms with E-state index in [4.69, 9.17) is 11.0 Å². The lowest BCUT2D eigenvalue weighted by Crippen LogP contribution is -2.18. The van der Waals surface area contributed by atoms with E-state index >= 15 is 0 Å². The van der Waals surface area contributed by atoms with Gasteiger partial charge in [0, 0.05) is 6.04 Å². The maximum atomic E-state index is 12.9. The summed E-state index contributed by atoms with van der Waals surface area (Å²) in [5.41, 5.74) is 6.90. The molecule has 0 aromatic heterocycles. The zero-order valence-corrected chi connectivity index (χ0v) is 8.29. The fourth-order valence-electron chi connectivity index (χ4n) is 1.27. The lowest BCUT2D eigenvalue weighted by atomic mass is 9.93. The molecule has 0 heterocycles. The van der Waals surface area contributed by atoms with Crippen molar-refractivity contribution in [2.45, 2.75) is 19.9 Å². The Hall–Kier alpha value is -1.40. The first-order valence-electron chi connectivity index (χ1n) is 4.51. The minimum Gasteiger partial charge on any atom is -0.324 e. The molecule has 0 unspecified atom stereocenters. The van der Waals surface area contributed by atoms with E-state index in [1.807, 2.05) is 19.9 Å². The molecule has 0 fully saturated rings. The Morgan fingerprint density at radius 2 is 2.07 bits per heavy atom. The second-order valence-electron chi connectivity index (χ2n) is 3.61. The summed E-state index contributed by atoms with van der Waals surface area (Å²) in [5.74, 6) is -0.168. The number of halogens is 1. The van der Waals surface area contributed by atoms with Gasteiger partial charge >= 0.3 is 0 Å². The van der Waals surface area contributed by atoms with Gasteiger partial charge < -0.3 is 5.73 Å². The third kappa shape index (κ3) is 2.09. The quantitative estimate of drug-likeness (QED) is 0.781. The van der Waals surface area contributed by atoms with Gasteiger partial charge in [-0.15, -0.1) is 0 Å². The summed E-state index contributed by atoms with van der Waals surface area (Å²) in [4.78, 5) is 0. The van der Waals surface area contributed by atoms with Crippen LogP contribution in [0.1, 0.15) is 31.0 Å². The molecule has 1 rings (SSSR count). The van der Waals surface area contributed by atoms with Gasteiger partial charge in [-0.2, -0.15) is 5.26 Å². The molecule has 0 saturated carbocycles. The van der Waals surface area contributed by atoms with Crippen LogP contribution in [0.2, 0.25) is 0 Å². The molecule has 74 valence electrons. The van der Waals surface area contributed by atoms with Gasteiger partial charge in [-0.05, 0) is 29.7 Å². The Morgan fingerprint density at radius 1 is 1.43 bits per heavy atom. The SMILES string of the molecule is CC(C)[C@H](N)c1cc(F)ccc1C#N. The second-order valence-corrected chi connectivity index (χ2v) is 3.61. The molecule has 1 atom stereocenters. The topological polar surface area (TPSA) is 49.8 Å². The number of hydrogen-bond acceptors (Lipinski definition) is 2. The molecule has 0 saturated heterocycles. The zero-order chi connectivity index (χ0) is 10.7. The van der Waals surface area contributed by atoms with Crippen LogP contribution in [0.15, 0.2) is 18.2 Å². The molecule has 2 nitrogen and oxygen atoms in total. The Kier molecular flexibility index (Phi) is 3.21. The van der Waals surface area contributed by atoms with Gasteiger partial charge in [-0.3, -0.25) is 0 Å². The summed E-state index contributed by atoms with van der Waals surface area (Å²) in [7, 11) is 0. The first-order valence-corrected chi connectivity index (χ1v) is 4.51. The minimum absolute atomic E-state index is 0.184. The maximum Gasteiger partial charge on any atom is 0.123 e. The molecule has 2 N–H and O–H groups in total. The van der Waals surface area contributed by atoms with Gasteiger partial charge in [0.2, 0.25) is 0 Å². The molecule has 14 heavy (non-hydrogen) atoms. The van der Waals surface area contributed by atoms with Crippen LogP contribution in [0.4, 0.5) is 4.39 Å². The molecule has 0 radical (unpaired) electrons. The van der Waals surface area contributed by atoms with Gasteiger partial charge in [0.05, 0.1) is 11.6 Å². The second kappa shape index (κ2) is 4.21. The van der Waals surface area contributed by atoms with Crippen LogP contribution in [0.5, 0.6) is 0 Å². The van der Waals surface area contributed by atoms with E-state index in [0.717, 1.165) is 0 Å². The van der Waals surface area contributed by atoms with Gasteiger partial charge in [0.1, 0.15) is 5.82 Å². The molecule has 0 aliphatic rings. The molecule has 0 aliphatic heterocycles. The van der Waals surface area contributed by atoms with Crippen LogP contribution in [-0.2, 0) is 0 Å². The van der Waals surface area contributed by atoms with Crippen LogP contribution in [0, 0.1) is 23.1 Å². The van der Waals surface area contributed by atoms with E-state index in [9.17, 15) is 4.39 Å². The van der Waals surface area contributed by atoms with Crippen LogP contribution >= 0.6 is 0 Å². The predicted molar refractivity (Wildman–Crippen MR) is 52.9 cm³/mol. The van der Waals surface area contributed by atoms with Crippen molar-refractivity contribution in [1.82, 2.24) is 0 Å². The van der Waals surface area contributed by atoms with Crippen molar-refractivity contribution >= 4 is 0 Å². The number of hydrogen-bond donors (Lipinski definition) is 1. The highest BCUT2D eigenvalue weighted by atomic mass is 19.1. The van der Waals surface area contributed by atoms with Crippen LogP contribution in [0.25, 0.3) is 0 Å². The van der Waals surface area contributed by atoms with Crippen molar-refractivity contribution in [1.29, 1.82) is 5.26 Å². The van der Waals surface area contributed by atoms with Gasteiger partial charge in [0.15, 0.2) is 0 Å². The molecule has 0 bridgehead atoms. The Labute approximate surface area is 83.2 Å². The van der Waals surface area contributed by atoms with E-state index in [2.05, 4.69) is 0 Å². The van der Waals surface area contributed by atoms with Crippen molar-refractivity contribution in [3.63, 3.8) is 0 Å². The summed E-state index contributed by atoms with van der Waals surface area (Å²) in [6.07, 6.45) is 0. The molecule has 1 aromatic carbocycles. The highest BCUT2D eigenvalue weighted by molar-refractivity contribution is 5.39. The van der Waals surface area contributed by atoms with E-state index in [1.165, 1.54) is 18.2 Å². The van der Waals surface area contributed by atoms with Crippen LogP contribution < -0.4 is 5.73 Å². The maximum absolute atomic E-state index is 12.9. The molecular formula is C11H13FN2. The number of nitrogens with zero attached hydrogens (tertiary/aromatic N) is 1. The molecule has 0 amide bonds. The highest BCUT2D eigenvalue weighted by Crippen LogP contribution is 2.22. The van der Waals surface area contributed by atoms with Gasteiger partial charge in [0.25, 0.3) is 0 Å². The Balaban J connectivity index is 3.18. The normalized spacial score (nSPS) is 12.6. The summed E-state index contributed by atoms with van der Waals surface area (Å²) >= 11 is 0. The van der Waals surface area contributed by atoms with E-state index in [-0.39, 0.29) is 17.8 Å². The standard InChI is InChI=1S/C11H13FN2/c1-7(2)11(14)10-5-9(12)4-3-8(10)6-13/h3-5,7,11H,14H2,1-2H3/t11-/m0/s1. The number of nitriles is 1. The van der Waals surface area contributed by atoms with Crippen molar-refractivity contribution in [3.05, 3.63) is 35.1 Å². The third-order valence-corrected chi connectivity index (χ3v) is 2.21. The van der Waals surface area contributed by atoms with Crippen molar-refractivity contribution in [3.8, 4) is 6.07 Å². The average Bonchev–Trinajstić information content (AvgIpc) is 2.16. The first kappa shape index (κ1) is 10.7. The van der Waals surface area contributed by atoms with Crippen molar-refractivity contribution in [2.75, 3.05) is 0 Å². The molecule has 1 aromatic rings. The third-order valence-electron chi connectivity index (χ3n) is 2.21. The monoisotopic (exact) mass is 192 g/mol. The Morgan fingerprint density at radius 3 is 2.57 bits per heavy atom. The summed E-state index contributed by atoms with van der Waals surface area (Å²) in [5, 5.41) is 8.81. The predicted octanol–water partition coefficient (Wildman–Crippen LogP) is 2.35. The Bertz CT molecular complexity index is 366. The molecule has 0 spiro atoms. The molecule has 3 heteroatoms. The largest absolute Gasteiger partial charge is 0.324 e. The number of benzene rings is 1. The van der Waals surface area contributed by atoms with Crippen LogP contribution in [-0.4, -0.2) is 0 Å². The van der Waals surface area contributed by atoms with E-state index in [0.29, 0.717) is 11.1 Å². The minimum atomic E-state index is -0.352.